The summed E-state index contributed by atoms with van der Waals surface area (Å²) >= 11 is 0. The summed E-state index contributed by atoms with van der Waals surface area (Å²) < 4.78 is 1.89. The van der Waals surface area contributed by atoms with Crippen LogP contribution in [0.4, 0.5) is 17.2 Å². The fourth-order valence-corrected chi connectivity index (χ4v) is 4.48. The molecule has 1 fully saturated rings. The van der Waals surface area contributed by atoms with Gasteiger partial charge in [-0.2, -0.15) is 5.10 Å². The Hall–Kier alpha value is -3.81. The predicted molar refractivity (Wildman–Crippen MR) is 140 cm³/mol. The summed E-state index contributed by atoms with van der Waals surface area (Å²) in [5, 5.41) is 10.8. The van der Waals surface area contributed by atoms with E-state index in [1.165, 1.54) is 6.92 Å². The lowest BCUT2D eigenvalue weighted by molar-refractivity contribution is -0.125. The van der Waals surface area contributed by atoms with Crippen LogP contribution in [-0.4, -0.2) is 48.8 Å². The van der Waals surface area contributed by atoms with E-state index in [1.54, 1.807) is 0 Å². The van der Waals surface area contributed by atoms with Crippen molar-refractivity contribution in [3.63, 3.8) is 0 Å². The van der Waals surface area contributed by atoms with Crippen LogP contribution in [0.5, 0.6) is 0 Å². The molecule has 8 nitrogen and oxygen atoms in total. The molecule has 35 heavy (non-hydrogen) atoms. The van der Waals surface area contributed by atoms with Gasteiger partial charge in [-0.25, -0.2) is 4.68 Å². The molecule has 0 aliphatic carbocycles. The van der Waals surface area contributed by atoms with Gasteiger partial charge in [0.15, 0.2) is 5.82 Å². The number of anilines is 3. The van der Waals surface area contributed by atoms with E-state index >= 15 is 0 Å². The Morgan fingerprint density at radius 1 is 1.03 bits per heavy atom. The lowest BCUT2D eigenvalue weighted by Crippen LogP contribution is -2.41. The lowest BCUT2D eigenvalue weighted by atomic mass is 9.95. The first-order valence-electron chi connectivity index (χ1n) is 12.0. The second kappa shape index (κ2) is 10.6. The first-order chi connectivity index (χ1) is 16.8. The van der Waals surface area contributed by atoms with E-state index in [1.807, 2.05) is 56.0 Å². The molecule has 0 bridgehead atoms. The zero-order chi connectivity index (χ0) is 24.9. The van der Waals surface area contributed by atoms with Gasteiger partial charge in [0.2, 0.25) is 11.8 Å². The molecule has 1 aliphatic rings. The Labute approximate surface area is 206 Å². The van der Waals surface area contributed by atoms with Crippen LogP contribution >= 0.6 is 0 Å². The largest absolute Gasteiger partial charge is 0.378 e. The number of hydrogen-bond donors (Lipinski definition) is 2. The molecule has 1 saturated heterocycles. The number of nitrogens with zero attached hydrogens (tertiary/aromatic N) is 4. The standard InChI is InChI=1S/C27H34N6O2/c1-19-25(29-20(2)34)27(33(30-19)24-8-6-5-7-9-24)32-16-14-22(15-17-32)26(35)28-18-21-10-12-23(13-11-21)31(3)4/h5-13,22H,14-18H2,1-4H3,(H,28,35)(H,29,34). The fourth-order valence-electron chi connectivity index (χ4n) is 4.48. The summed E-state index contributed by atoms with van der Waals surface area (Å²) in [6, 6.07) is 18.1. The Bertz CT molecular complexity index is 1160. The van der Waals surface area contributed by atoms with E-state index in [-0.39, 0.29) is 17.7 Å². The summed E-state index contributed by atoms with van der Waals surface area (Å²) in [7, 11) is 4.02. The maximum atomic E-state index is 12.9. The molecule has 2 amide bonds. The molecule has 0 spiro atoms. The summed E-state index contributed by atoms with van der Waals surface area (Å²) in [6.45, 7) is 5.35. The number of hydrogen-bond acceptors (Lipinski definition) is 5. The van der Waals surface area contributed by atoms with Gasteiger partial charge < -0.3 is 20.4 Å². The van der Waals surface area contributed by atoms with E-state index in [0.29, 0.717) is 19.6 Å². The SMILES string of the molecule is CC(=O)Nc1c(C)nn(-c2ccccc2)c1N1CCC(C(=O)NCc2ccc(N(C)C)cc2)CC1. The highest BCUT2D eigenvalue weighted by Crippen LogP contribution is 2.34. The van der Waals surface area contributed by atoms with Gasteiger partial charge in [0.05, 0.1) is 11.4 Å². The zero-order valence-electron chi connectivity index (χ0n) is 20.9. The average molecular weight is 475 g/mol. The van der Waals surface area contributed by atoms with Gasteiger partial charge in [-0.1, -0.05) is 30.3 Å². The molecular weight excluding hydrogens is 440 g/mol. The van der Waals surface area contributed by atoms with Gasteiger partial charge in [0.25, 0.3) is 0 Å². The average Bonchev–Trinajstić information content (AvgIpc) is 3.18. The van der Waals surface area contributed by atoms with Crippen molar-refractivity contribution in [2.24, 2.45) is 5.92 Å². The van der Waals surface area contributed by atoms with Crippen LogP contribution < -0.4 is 20.4 Å². The molecular formula is C27H34N6O2. The zero-order valence-corrected chi connectivity index (χ0v) is 20.9. The summed E-state index contributed by atoms with van der Waals surface area (Å²) in [5.74, 6) is 0.792. The van der Waals surface area contributed by atoms with Crippen molar-refractivity contribution in [1.29, 1.82) is 0 Å². The number of para-hydroxylation sites is 1. The van der Waals surface area contributed by atoms with Crippen molar-refractivity contribution >= 4 is 29.0 Å². The Balaban J connectivity index is 1.43. The molecule has 0 unspecified atom stereocenters. The number of benzene rings is 2. The highest BCUT2D eigenvalue weighted by atomic mass is 16.2. The number of piperidine rings is 1. The summed E-state index contributed by atoms with van der Waals surface area (Å²) in [5.41, 5.74) is 4.65. The molecule has 4 rings (SSSR count). The van der Waals surface area contributed by atoms with Crippen molar-refractivity contribution in [1.82, 2.24) is 15.1 Å². The first-order valence-corrected chi connectivity index (χ1v) is 12.0. The van der Waals surface area contributed by atoms with Gasteiger partial charge in [-0.3, -0.25) is 9.59 Å². The highest BCUT2D eigenvalue weighted by Gasteiger charge is 2.29. The molecule has 2 aromatic carbocycles. The number of aryl methyl sites for hydroxylation is 1. The van der Waals surface area contributed by atoms with Crippen molar-refractivity contribution in [2.75, 3.05) is 42.3 Å². The van der Waals surface area contributed by atoms with E-state index in [0.717, 1.165) is 47.0 Å². The number of amides is 2. The van der Waals surface area contributed by atoms with Gasteiger partial charge in [-0.15, -0.1) is 0 Å². The molecule has 2 N–H and O–H groups in total. The topological polar surface area (TPSA) is 82.5 Å². The van der Waals surface area contributed by atoms with Gasteiger partial charge in [0.1, 0.15) is 5.69 Å². The van der Waals surface area contributed by atoms with Crippen LogP contribution in [0.3, 0.4) is 0 Å². The molecule has 0 radical (unpaired) electrons. The number of carbonyl (C=O) groups is 2. The maximum Gasteiger partial charge on any atom is 0.223 e. The second-order valence-corrected chi connectivity index (χ2v) is 9.25. The molecule has 1 aromatic heterocycles. The second-order valence-electron chi connectivity index (χ2n) is 9.25. The van der Waals surface area contributed by atoms with E-state index in [4.69, 9.17) is 5.10 Å². The molecule has 2 heterocycles. The normalized spacial score (nSPS) is 14.0. The third kappa shape index (κ3) is 5.65. The molecule has 1 aliphatic heterocycles. The van der Waals surface area contributed by atoms with Crippen LogP contribution in [0.1, 0.15) is 31.0 Å². The number of nitrogens with one attached hydrogen (secondary N) is 2. The molecule has 184 valence electrons. The number of rotatable bonds is 7. The van der Waals surface area contributed by atoms with Crippen molar-refractivity contribution in [3.8, 4) is 5.69 Å². The quantitative estimate of drug-likeness (QED) is 0.545. The van der Waals surface area contributed by atoms with Crippen LogP contribution in [0.2, 0.25) is 0 Å². The van der Waals surface area contributed by atoms with Crippen LogP contribution in [0.25, 0.3) is 5.69 Å². The smallest absolute Gasteiger partial charge is 0.223 e. The van der Waals surface area contributed by atoms with Gasteiger partial charge in [-0.05, 0) is 49.6 Å². The lowest BCUT2D eigenvalue weighted by Gasteiger charge is -2.33. The van der Waals surface area contributed by atoms with E-state index < -0.39 is 0 Å². The van der Waals surface area contributed by atoms with Gasteiger partial charge in [0, 0.05) is 52.3 Å². The summed E-state index contributed by atoms with van der Waals surface area (Å²) in [4.78, 5) is 29.1. The monoisotopic (exact) mass is 474 g/mol. The molecule has 0 atom stereocenters. The maximum absolute atomic E-state index is 12.9. The first kappa shape index (κ1) is 24.3. The third-order valence-electron chi connectivity index (χ3n) is 6.42. The number of carbonyl (C=O) groups excluding carboxylic acids is 2. The molecule has 8 heteroatoms. The number of aromatic nitrogens is 2. The minimum absolute atomic E-state index is 0.0364. The molecule has 3 aromatic rings. The Morgan fingerprint density at radius 3 is 2.29 bits per heavy atom. The minimum atomic E-state index is -0.130. The van der Waals surface area contributed by atoms with E-state index in [9.17, 15) is 9.59 Å². The Morgan fingerprint density at radius 2 is 1.69 bits per heavy atom. The highest BCUT2D eigenvalue weighted by molar-refractivity contribution is 5.93. The van der Waals surface area contributed by atoms with Crippen molar-refractivity contribution < 1.29 is 9.59 Å². The third-order valence-corrected chi connectivity index (χ3v) is 6.42. The van der Waals surface area contributed by atoms with Crippen molar-refractivity contribution in [2.45, 2.75) is 33.2 Å². The minimum Gasteiger partial charge on any atom is -0.378 e. The van der Waals surface area contributed by atoms with Crippen LogP contribution in [-0.2, 0) is 16.1 Å². The van der Waals surface area contributed by atoms with Crippen LogP contribution in [0, 0.1) is 12.8 Å². The molecule has 0 saturated carbocycles. The fraction of sp³-hybridized carbons (Fsp3) is 0.370. The van der Waals surface area contributed by atoms with Gasteiger partial charge >= 0.3 is 0 Å². The van der Waals surface area contributed by atoms with E-state index in [2.05, 4.69) is 44.7 Å². The Kier molecular flexibility index (Phi) is 7.39. The predicted octanol–water partition coefficient (Wildman–Crippen LogP) is 3.74. The van der Waals surface area contributed by atoms with Crippen LogP contribution in [0.15, 0.2) is 54.6 Å². The van der Waals surface area contributed by atoms with Crippen molar-refractivity contribution in [3.05, 3.63) is 65.9 Å². The summed E-state index contributed by atoms with van der Waals surface area (Å²) in [6.07, 6.45) is 1.48.